The highest BCUT2D eigenvalue weighted by Gasteiger charge is 2.17. The van der Waals surface area contributed by atoms with E-state index in [9.17, 15) is 9.18 Å². The lowest BCUT2D eigenvalue weighted by molar-refractivity contribution is -0.138. The van der Waals surface area contributed by atoms with E-state index in [2.05, 4.69) is 5.16 Å². The Morgan fingerprint density at radius 1 is 1.24 bits per heavy atom. The van der Waals surface area contributed by atoms with E-state index in [0.717, 1.165) is 10.9 Å². The maximum absolute atomic E-state index is 13.0. The first kappa shape index (κ1) is 13.3. The van der Waals surface area contributed by atoms with Gasteiger partial charge in [-0.05, 0) is 48.9 Å². The van der Waals surface area contributed by atoms with Crippen molar-refractivity contribution in [1.29, 1.82) is 0 Å². The van der Waals surface area contributed by atoms with Gasteiger partial charge in [0, 0.05) is 10.9 Å². The molecule has 0 spiro atoms. The second-order valence-corrected chi connectivity index (χ2v) is 4.85. The van der Waals surface area contributed by atoms with E-state index >= 15 is 0 Å². The van der Waals surface area contributed by atoms with Crippen molar-refractivity contribution in [3.8, 4) is 11.3 Å². The highest BCUT2D eigenvalue weighted by atomic mass is 19.1. The Balaban J connectivity index is 2.07. The summed E-state index contributed by atoms with van der Waals surface area (Å²) >= 11 is 0. The fourth-order valence-electron chi connectivity index (χ4n) is 2.18. The van der Waals surface area contributed by atoms with Crippen LogP contribution in [0.5, 0.6) is 0 Å². The van der Waals surface area contributed by atoms with Gasteiger partial charge in [0.05, 0.1) is 5.92 Å². The van der Waals surface area contributed by atoms with Crippen LogP contribution in [0.3, 0.4) is 0 Å². The molecule has 0 radical (unpaired) electrons. The molecule has 4 nitrogen and oxygen atoms in total. The smallest absolute Gasteiger partial charge is 0.310 e. The molecule has 0 aliphatic heterocycles. The SMILES string of the molecule is CC(C(=O)O)c1ccc2c(-c3ccc(F)cc3)noc2c1. The van der Waals surface area contributed by atoms with Crippen molar-refractivity contribution in [2.75, 3.05) is 0 Å². The second-order valence-electron chi connectivity index (χ2n) is 4.85. The number of fused-ring (bicyclic) bond motifs is 1. The summed E-state index contributed by atoms with van der Waals surface area (Å²) in [4.78, 5) is 11.0. The van der Waals surface area contributed by atoms with Gasteiger partial charge in [-0.3, -0.25) is 4.79 Å². The summed E-state index contributed by atoms with van der Waals surface area (Å²) in [6, 6.07) is 11.2. The Bertz CT molecular complexity index is 808. The molecule has 0 saturated carbocycles. The first-order valence-corrected chi connectivity index (χ1v) is 6.44. The first-order chi connectivity index (χ1) is 10.1. The average molecular weight is 285 g/mol. The lowest BCUT2D eigenvalue weighted by Gasteiger charge is -2.05. The Kier molecular flexibility index (Phi) is 3.17. The van der Waals surface area contributed by atoms with Gasteiger partial charge in [-0.15, -0.1) is 0 Å². The number of carboxylic acid groups (broad SMARTS) is 1. The number of hydrogen-bond acceptors (Lipinski definition) is 3. The maximum Gasteiger partial charge on any atom is 0.310 e. The van der Waals surface area contributed by atoms with Gasteiger partial charge < -0.3 is 9.63 Å². The van der Waals surface area contributed by atoms with Crippen LogP contribution in [0, 0.1) is 5.82 Å². The largest absolute Gasteiger partial charge is 0.481 e. The molecular weight excluding hydrogens is 273 g/mol. The molecule has 0 bridgehead atoms. The summed E-state index contributed by atoms with van der Waals surface area (Å²) in [7, 11) is 0. The molecule has 0 amide bonds. The van der Waals surface area contributed by atoms with E-state index in [0.29, 0.717) is 16.8 Å². The van der Waals surface area contributed by atoms with Crippen LogP contribution in [0.25, 0.3) is 22.2 Å². The van der Waals surface area contributed by atoms with Gasteiger partial charge in [0.25, 0.3) is 0 Å². The van der Waals surface area contributed by atoms with Crippen LogP contribution in [0.1, 0.15) is 18.4 Å². The fraction of sp³-hybridized carbons (Fsp3) is 0.125. The lowest BCUT2D eigenvalue weighted by Crippen LogP contribution is -2.06. The predicted molar refractivity (Wildman–Crippen MR) is 75.5 cm³/mol. The molecule has 106 valence electrons. The molecular formula is C16H12FNO3. The van der Waals surface area contributed by atoms with Gasteiger partial charge in [0.15, 0.2) is 5.58 Å². The minimum Gasteiger partial charge on any atom is -0.481 e. The number of hydrogen-bond donors (Lipinski definition) is 1. The molecule has 0 fully saturated rings. The molecule has 1 N–H and O–H groups in total. The number of nitrogens with zero attached hydrogens (tertiary/aromatic N) is 1. The van der Waals surface area contributed by atoms with Crippen molar-refractivity contribution in [1.82, 2.24) is 5.16 Å². The molecule has 1 atom stereocenters. The minimum absolute atomic E-state index is 0.316. The zero-order valence-electron chi connectivity index (χ0n) is 11.2. The molecule has 5 heteroatoms. The van der Waals surface area contributed by atoms with Crippen LogP contribution in [0.15, 0.2) is 47.0 Å². The molecule has 3 rings (SSSR count). The van der Waals surface area contributed by atoms with Crippen molar-refractivity contribution < 1.29 is 18.8 Å². The molecule has 2 aromatic carbocycles. The second kappa shape index (κ2) is 5.01. The third kappa shape index (κ3) is 2.38. The third-order valence-corrected chi connectivity index (χ3v) is 3.48. The number of carboxylic acids is 1. The average Bonchev–Trinajstić information content (AvgIpc) is 2.90. The van der Waals surface area contributed by atoms with Gasteiger partial charge in [0.2, 0.25) is 0 Å². The van der Waals surface area contributed by atoms with E-state index in [1.54, 1.807) is 37.3 Å². The van der Waals surface area contributed by atoms with E-state index < -0.39 is 11.9 Å². The summed E-state index contributed by atoms with van der Waals surface area (Å²) in [5, 5.41) is 13.8. The maximum atomic E-state index is 13.0. The molecule has 1 unspecified atom stereocenters. The van der Waals surface area contributed by atoms with E-state index in [-0.39, 0.29) is 5.82 Å². The van der Waals surface area contributed by atoms with E-state index in [1.165, 1.54) is 12.1 Å². The van der Waals surface area contributed by atoms with Crippen LogP contribution in [0.4, 0.5) is 4.39 Å². The molecule has 21 heavy (non-hydrogen) atoms. The highest BCUT2D eigenvalue weighted by Crippen LogP contribution is 2.30. The Labute approximate surface area is 119 Å². The lowest BCUT2D eigenvalue weighted by atomic mass is 9.99. The third-order valence-electron chi connectivity index (χ3n) is 3.48. The standard InChI is InChI=1S/C16H12FNO3/c1-9(16(19)20)11-4-7-13-14(8-11)21-18-15(13)10-2-5-12(17)6-3-10/h2-9H,1H3,(H,19,20). The number of aromatic nitrogens is 1. The van der Waals surface area contributed by atoms with E-state index in [1.807, 2.05) is 0 Å². The van der Waals surface area contributed by atoms with Crippen LogP contribution in [0.2, 0.25) is 0 Å². The molecule has 0 aliphatic carbocycles. The van der Waals surface area contributed by atoms with Crippen LogP contribution in [-0.4, -0.2) is 16.2 Å². The van der Waals surface area contributed by atoms with Crippen molar-refractivity contribution >= 4 is 16.9 Å². The summed E-state index contributed by atoms with van der Waals surface area (Å²) in [5.74, 6) is -1.83. The van der Waals surface area contributed by atoms with Gasteiger partial charge in [-0.1, -0.05) is 11.2 Å². The molecule has 1 heterocycles. The van der Waals surface area contributed by atoms with Crippen molar-refractivity contribution in [2.24, 2.45) is 0 Å². The Hall–Kier alpha value is -2.69. The van der Waals surface area contributed by atoms with Gasteiger partial charge >= 0.3 is 5.97 Å². The van der Waals surface area contributed by atoms with Crippen molar-refractivity contribution in [3.63, 3.8) is 0 Å². The summed E-state index contributed by atoms with van der Waals surface area (Å²) < 4.78 is 18.2. The monoisotopic (exact) mass is 285 g/mol. The van der Waals surface area contributed by atoms with Crippen molar-refractivity contribution in [3.05, 3.63) is 53.8 Å². The Morgan fingerprint density at radius 2 is 1.95 bits per heavy atom. The summed E-state index contributed by atoms with van der Waals surface area (Å²) in [6.07, 6.45) is 0. The molecule has 0 aliphatic rings. The van der Waals surface area contributed by atoms with E-state index in [4.69, 9.17) is 9.63 Å². The number of carbonyl (C=O) groups is 1. The van der Waals surface area contributed by atoms with Crippen molar-refractivity contribution in [2.45, 2.75) is 12.8 Å². The first-order valence-electron chi connectivity index (χ1n) is 6.44. The Morgan fingerprint density at radius 3 is 2.62 bits per heavy atom. The zero-order chi connectivity index (χ0) is 15.0. The summed E-state index contributed by atoms with van der Waals surface area (Å²) in [5.41, 5.74) is 2.52. The van der Waals surface area contributed by atoms with Crippen LogP contribution in [-0.2, 0) is 4.79 Å². The number of aliphatic carboxylic acids is 1. The van der Waals surface area contributed by atoms with Crippen LogP contribution < -0.4 is 0 Å². The molecule has 0 saturated heterocycles. The predicted octanol–water partition coefficient (Wildman–Crippen LogP) is 3.82. The number of benzene rings is 2. The van der Waals surface area contributed by atoms with Gasteiger partial charge in [-0.25, -0.2) is 4.39 Å². The fourth-order valence-corrected chi connectivity index (χ4v) is 2.18. The number of rotatable bonds is 3. The summed E-state index contributed by atoms with van der Waals surface area (Å²) in [6.45, 7) is 1.61. The normalized spacial score (nSPS) is 12.5. The zero-order valence-corrected chi connectivity index (χ0v) is 11.2. The highest BCUT2D eigenvalue weighted by molar-refractivity contribution is 5.92. The van der Waals surface area contributed by atoms with Crippen LogP contribution >= 0.6 is 0 Å². The quantitative estimate of drug-likeness (QED) is 0.794. The van der Waals surface area contributed by atoms with Gasteiger partial charge in [-0.2, -0.15) is 0 Å². The molecule has 3 aromatic rings. The number of halogens is 1. The minimum atomic E-state index is -0.896. The topological polar surface area (TPSA) is 63.3 Å². The van der Waals surface area contributed by atoms with Gasteiger partial charge in [0.1, 0.15) is 11.5 Å². The molecule has 1 aromatic heterocycles.